The maximum absolute atomic E-state index is 12.8. The van der Waals surface area contributed by atoms with E-state index in [1.165, 1.54) is 31.2 Å². The van der Waals surface area contributed by atoms with Gasteiger partial charge in [-0.2, -0.15) is 0 Å². The van der Waals surface area contributed by atoms with Crippen LogP contribution in [0.15, 0.2) is 71.6 Å². The summed E-state index contributed by atoms with van der Waals surface area (Å²) in [6.07, 6.45) is -0.116. The number of sulfonamides is 1. The van der Waals surface area contributed by atoms with Gasteiger partial charge in [0.15, 0.2) is 6.10 Å². The van der Waals surface area contributed by atoms with Crippen molar-refractivity contribution in [2.45, 2.75) is 45.1 Å². The predicted molar refractivity (Wildman–Crippen MR) is 132 cm³/mol. The highest BCUT2D eigenvalue weighted by Gasteiger charge is 2.20. The highest BCUT2D eigenvalue weighted by molar-refractivity contribution is 7.92. The van der Waals surface area contributed by atoms with Crippen molar-refractivity contribution in [2.24, 2.45) is 0 Å². The Hall–Kier alpha value is -3.65. The first kappa shape index (κ1) is 25.0. The number of carbonyl (C=O) groups is 2. The minimum Gasteiger partial charge on any atom is -0.449 e. The molecule has 0 aliphatic heterocycles. The monoisotopic (exact) mass is 480 g/mol. The van der Waals surface area contributed by atoms with Gasteiger partial charge < -0.3 is 10.1 Å². The summed E-state index contributed by atoms with van der Waals surface area (Å²) < 4.78 is 33.3. The third kappa shape index (κ3) is 6.23. The predicted octanol–water partition coefficient (Wildman–Crippen LogP) is 4.85. The smallest absolute Gasteiger partial charge is 0.338 e. The van der Waals surface area contributed by atoms with Gasteiger partial charge in [0.1, 0.15) is 0 Å². The van der Waals surface area contributed by atoms with E-state index < -0.39 is 28.0 Å². The van der Waals surface area contributed by atoms with Gasteiger partial charge in [0.05, 0.1) is 10.5 Å². The first-order valence-electron chi connectivity index (χ1n) is 10.9. The molecule has 0 radical (unpaired) electrons. The van der Waals surface area contributed by atoms with E-state index in [-0.39, 0.29) is 10.5 Å². The molecule has 0 fully saturated rings. The first-order chi connectivity index (χ1) is 16.1. The lowest BCUT2D eigenvalue weighted by molar-refractivity contribution is -0.123. The molecule has 1 atom stereocenters. The SMILES string of the molecule is CCc1ccc(NC(=O)C(C)OC(=O)c2ccc(NS(=O)(=O)c3cc(C)ccc3C)cc2)cc1. The Kier molecular flexibility index (Phi) is 7.73. The van der Waals surface area contributed by atoms with Crippen molar-refractivity contribution in [3.05, 3.63) is 89.0 Å². The zero-order valence-corrected chi connectivity index (χ0v) is 20.4. The average molecular weight is 481 g/mol. The topological polar surface area (TPSA) is 102 Å². The molecule has 2 N–H and O–H groups in total. The molecule has 7 nitrogen and oxygen atoms in total. The van der Waals surface area contributed by atoms with Gasteiger partial charge in [-0.05, 0) is 86.3 Å². The Labute approximate surface area is 200 Å². The van der Waals surface area contributed by atoms with E-state index in [1.807, 2.05) is 32.0 Å². The maximum atomic E-state index is 12.8. The van der Waals surface area contributed by atoms with Crippen LogP contribution in [0.25, 0.3) is 0 Å². The van der Waals surface area contributed by atoms with Crippen molar-refractivity contribution in [3.63, 3.8) is 0 Å². The average Bonchev–Trinajstić information content (AvgIpc) is 2.81. The zero-order chi connectivity index (χ0) is 24.9. The molecule has 0 spiro atoms. The number of nitrogens with one attached hydrogen (secondary N) is 2. The standard InChI is InChI=1S/C26H28N2O5S/c1-5-20-8-12-22(13-9-20)27-25(29)19(4)33-26(30)21-10-14-23(15-11-21)28-34(31,32)24-16-17(2)6-7-18(24)3/h6-16,19,28H,5H2,1-4H3,(H,27,29). The van der Waals surface area contributed by atoms with Gasteiger partial charge in [-0.15, -0.1) is 0 Å². The summed E-state index contributed by atoms with van der Waals surface area (Å²) in [5.41, 5.74) is 3.73. The van der Waals surface area contributed by atoms with Crippen LogP contribution in [0, 0.1) is 13.8 Å². The molecule has 1 unspecified atom stereocenters. The molecule has 0 aromatic heterocycles. The molecule has 0 aliphatic rings. The van der Waals surface area contributed by atoms with Crippen LogP contribution >= 0.6 is 0 Å². The highest BCUT2D eigenvalue weighted by atomic mass is 32.2. The van der Waals surface area contributed by atoms with E-state index in [2.05, 4.69) is 10.0 Å². The zero-order valence-electron chi connectivity index (χ0n) is 19.6. The molecule has 0 bridgehead atoms. The van der Waals surface area contributed by atoms with Gasteiger partial charge in [0, 0.05) is 11.4 Å². The van der Waals surface area contributed by atoms with Crippen LogP contribution in [0.3, 0.4) is 0 Å². The number of hydrogen-bond acceptors (Lipinski definition) is 5. The van der Waals surface area contributed by atoms with Crippen molar-refractivity contribution < 1.29 is 22.7 Å². The lowest BCUT2D eigenvalue weighted by atomic mass is 10.1. The van der Waals surface area contributed by atoms with Crippen LogP contribution < -0.4 is 10.0 Å². The fourth-order valence-electron chi connectivity index (χ4n) is 3.23. The molecule has 0 heterocycles. The Morgan fingerprint density at radius 2 is 1.53 bits per heavy atom. The normalized spacial score (nSPS) is 12.0. The number of esters is 1. The minimum absolute atomic E-state index is 0.195. The number of benzene rings is 3. The van der Waals surface area contributed by atoms with Crippen molar-refractivity contribution in [2.75, 3.05) is 10.0 Å². The number of amides is 1. The van der Waals surface area contributed by atoms with E-state index in [1.54, 1.807) is 31.2 Å². The third-order valence-electron chi connectivity index (χ3n) is 5.29. The van der Waals surface area contributed by atoms with Crippen LogP contribution in [0.1, 0.15) is 40.9 Å². The molecule has 3 aromatic carbocycles. The fraction of sp³-hybridized carbons (Fsp3) is 0.231. The quantitative estimate of drug-likeness (QED) is 0.449. The van der Waals surface area contributed by atoms with E-state index in [9.17, 15) is 18.0 Å². The van der Waals surface area contributed by atoms with Crippen LogP contribution in [0.4, 0.5) is 11.4 Å². The summed E-state index contributed by atoms with van der Waals surface area (Å²) in [5.74, 6) is -1.14. The van der Waals surface area contributed by atoms with Gasteiger partial charge in [-0.3, -0.25) is 9.52 Å². The molecule has 178 valence electrons. The van der Waals surface area contributed by atoms with E-state index in [4.69, 9.17) is 4.74 Å². The summed E-state index contributed by atoms with van der Waals surface area (Å²) in [7, 11) is -3.78. The second-order valence-electron chi connectivity index (χ2n) is 8.04. The van der Waals surface area contributed by atoms with Gasteiger partial charge in [0.2, 0.25) is 0 Å². The van der Waals surface area contributed by atoms with Gasteiger partial charge >= 0.3 is 5.97 Å². The molecule has 0 saturated carbocycles. The molecule has 0 aliphatic carbocycles. The minimum atomic E-state index is -3.78. The Morgan fingerprint density at radius 1 is 0.912 bits per heavy atom. The number of anilines is 2. The van der Waals surface area contributed by atoms with Crippen molar-refractivity contribution in [3.8, 4) is 0 Å². The van der Waals surface area contributed by atoms with Gasteiger partial charge in [-0.1, -0.05) is 31.2 Å². The second kappa shape index (κ2) is 10.5. The van der Waals surface area contributed by atoms with Crippen LogP contribution in [0.2, 0.25) is 0 Å². The van der Waals surface area contributed by atoms with Crippen LogP contribution in [-0.4, -0.2) is 26.4 Å². The van der Waals surface area contributed by atoms with Crippen molar-refractivity contribution in [1.82, 2.24) is 0 Å². The summed E-state index contributed by atoms with van der Waals surface area (Å²) in [5, 5.41) is 2.72. The van der Waals surface area contributed by atoms with Crippen molar-refractivity contribution >= 4 is 33.3 Å². The fourth-order valence-corrected chi connectivity index (χ4v) is 4.62. The summed E-state index contributed by atoms with van der Waals surface area (Å²) in [6, 6.07) is 18.5. The van der Waals surface area contributed by atoms with E-state index in [0.29, 0.717) is 16.9 Å². The lowest BCUT2D eigenvalue weighted by Gasteiger charge is -2.14. The molecule has 0 saturated heterocycles. The number of hydrogen-bond donors (Lipinski definition) is 2. The summed E-state index contributed by atoms with van der Waals surface area (Å²) in [6.45, 7) is 7.08. The number of aryl methyl sites for hydroxylation is 3. The van der Waals surface area contributed by atoms with Crippen molar-refractivity contribution in [1.29, 1.82) is 0 Å². The molecular weight excluding hydrogens is 452 g/mol. The third-order valence-corrected chi connectivity index (χ3v) is 6.81. The number of carbonyl (C=O) groups excluding carboxylic acids is 2. The number of ether oxygens (including phenoxy) is 1. The van der Waals surface area contributed by atoms with E-state index >= 15 is 0 Å². The largest absolute Gasteiger partial charge is 0.449 e. The Bertz CT molecular complexity index is 1280. The maximum Gasteiger partial charge on any atom is 0.338 e. The second-order valence-corrected chi connectivity index (χ2v) is 9.69. The Balaban J connectivity index is 1.61. The molecule has 34 heavy (non-hydrogen) atoms. The van der Waals surface area contributed by atoms with Gasteiger partial charge in [0.25, 0.3) is 15.9 Å². The molecule has 3 aromatic rings. The molecular formula is C26H28N2O5S. The Morgan fingerprint density at radius 3 is 2.15 bits per heavy atom. The first-order valence-corrected chi connectivity index (χ1v) is 12.4. The van der Waals surface area contributed by atoms with E-state index in [0.717, 1.165) is 17.5 Å². The highest BCUT2D eigenvalue weighted by Crippen LogP contribution is 2.21. The molecule has 8 heteroatoms. The summed E-state index contributed by atoms with van der Waals surface area (Å²) >= 11 is 0. The molecule has 1 amide bonds. The summed E-state index contributed by atoms with van der Waals surface area (Å²) in [4.78, 5) is 25.0. The van der Waals surface area contributed by atoms with Crippen LogP contribution in [0.5, 0.6) is 0 Å². The van der Waals surface area contributed by atoms with Crippen LogP contribution in [-0.2, 0) is 26.0 Å². The lowest BCUT2D eigenvalue weighted by Crippen LogP contribution is -2.30. The molecule has 3 rings (SSSR count). The van der Waals surface area contributed by atoms with Gasteiger partial charge in [-0.25, -0.2) is 13.2 Å². The number of rotatable bonds is 8.